The quantitative estimate of drug-likeness (QED) is 0.237. The Labute approximate surface area is 313 Å². The third-order valence-electron chi connectivity index (χ3n) is 10.1. The van der Waals surface area contributed by atoms with Gasteiger partial charge in [0.1, 0.15) is 46.3 Å². The van der Waals surface area contributed by atoms with Crippen LogP contribution in [0.1, 0.15) is 65.5 Å². The Hall–Kier alpha value is -5.34. The van der Waals surface area contributed by atoms with E-state index in [9.17, 15) is 14.0 Å². The first-order valence-electron chi connectivity index (χ1n) is 18.3. The molecule has 2 aromatic carbocycles. The Morgan fingerprint density at radius 1 is 0.759 bits per heavy atom. The van der Waals surface area contributed by atoms with Crippen LogP contribution < -0.4 is 29.9 Å². The number of hydrogen-bond acceptors (Lipinski definition) is 11. The number of benzene rings is 2. The topological polar surface area (TPSA) is 140 Å². The predicted molar refractivity (Wildman–Crippen MR) is 200 cm³/mol. The summed E-state index contributed by atoms with van der Waals surface area (Å²) in [5, 5.41) is 6.10. The largest absolute Gasteiger partial charge is 0.487 e. The summed E-state index contributed by atoms with van der Waals surface area (Å²) in [6.07, 6.45) is 3.80. The van der Waals surface area contributed by atoms with Gasteiger partial charge in [-0.2, -0.15) is 4.39 Å². The molecular formula is C40H44FN7O6. The number of nitrogens with one attached hydrogen (secondary N) is 2. The first-order chi connectivity index (χ1) is 25.8. The third-order valence-corrected chi connectivity index (χ3v) is 10.1. The second kappa shape index (κ2) is 13.8. The first-order valence-corrected chi connectivity index (χ1v) is 18.3. The monoisotopic (exact) mass is 737 g/mol. The Balaban J connectivity index is 1.05. The third kappa shape index (κ3) is 7.40. The molecule has 6 heterocycles. The number of carbonyl (C=O) groups is 2. The number of rotatable bonds is 7. The summed E-state index contributed by atoms with van der Waals surface area (Å²) in [5.41, 5.74) is 4.90. The summed E-state index contributed by atoms with van der Waals surface area (Å²) in [6.45, 7) is 12.9. The van der Waals surface area contributed by atoms with Crippen molar-refractivity contribution in [1.29, 1.82) is 0 Å². The van der Waals surface area contributed by atoms with Gasteiger partial charge in [-0.25, -0.2) is 9.97 Å². The summed E-state index contributed by atoms with van der Waals surface area (Å²) in [5.74, 6) is -0.0379. The van der Waals surface area contributed by atoms with Crippen molar-refractivity contribution in [1.82, 2.24) is 15.0 Å². The van der Waals surface area contributed by atoms with Gasteiger partial charge < -0.3 is 39.4 Å². The lowest BCUT2D eigenvalue weighted by atomic mass is 10.00. The van der Waals surface area contributed by atoms with Gasteiger partial charge in [0.15, 0.2) is 0 Å². The van der Waals surface area contributed by atoms with Crippen LogP contribution in [0.15, 0.2) is 54.9 Å². The molecule has 2 atom stereocenters. The lowest BCUT2D eigenvalue weighted by molar-refractivity contribution is -0.0824. The van der Waals surface area contributed by atoms with Crippen LogP contribution in [0.3, 0.4) is 0 Å². The molecule has 2 N–H and O–H groups in total. The van der Waals surface area contributed by atoms with E-state index in [0.717, 1.165) is 34.0 Å². The van der Waals surface area contributed by atoms with Gasteiger partial charge in [-0.1, -0.05) is 6.07 Å². The SMILES string of the molecule is Cc1cncc(C(=O)Nc2cc3c(cc2N2CCOC(C4CN(c5cc6c(cc5NC(=O)c5cccc(F)n5)CC(C)(C)O6)CCO4)C2)OC(C)(C)C3)n1. The number of aryl methyl sites for hydroxylation is 1. The molecule has 8 rings (SSSR count). The maximum atomic E-state index is 13.9. The first kappa shape index (κ1) is 35.7. The zero-order valence-electron chi connectivity index (χ0n) is 31.1. The summed E-state index contributed by atoms with van der Waals surface area (Å²) in [7, 11) is 0. The molecule has 282 valence electrons. The van der Waals surface area contributed by atoms with E-state index in [1.807, 2.05) is 52.0 Å². The number of pyridine rings is 1. The van der Waals surface area contributed by atoms with Crippen LogP contribution in [0.5, 0.6) is 11.5 Å². The number of nitrogens with zero attached hydrogens (tertiary/aromatic N) is 5. The summed E-state index contributed by atoms with van der Waals surface area (Å²) < 4.78 is 39.3. The summed E-state index contributed by atoms with van der Waals surface area (Å²) >= 11 is 0. The predicted octanol–water partition coefficient (Wildman–Crippen LogP) is 5.36. The van der Waals surface area contributed by atoms with E-state index in [4.69, 9.17) is 18.9 Å². The highest BCUT2D eigenvalue weighted by Gasteiger charge is 2.38. The van der Waals surface area contributed by atoms with Crippen molar-refractivity contribution in [3.8, 4) is 11.5 Å². The zero-order chi connectivity index (χ0) is 37.8. The van der Waals surface area contributed by atoms with Gasteiger partial charge in [0.05, 0.1) is 47.9 Å². The molecule has 0 spiro atoms. The minimum Gasteiger partial charge on any atom is -0.487 e. The van der Waals surface area contributed by atoms with Gasteiger partial charge >= 0.3 is 0 Å². The van der Waals surface area contributed by atoms with E-state index in [1.165, 1.54) is 24.4 Å². The van der Waals surface area contributed by atoms with Crippen LogP contribution in [0, 0.1) is 12.9 Å². The fourth-order valence-electron chi connectivity index (χ4n) is 7.72. The van der Waals surface area contributed by atoms with Crippen LogP contribution in [-0.4, -0.2) is 89.6 Å². The lowest BCUT2D eigenvalue weighted by Gasteiger charge is -2.43. The molecule has 2 fully saturated rings. The minimum absolute atomic E-state index is 0.0172. The van der Waals surface area contributed by atoms with Crippen LogP contribution >= 0.6 is 0 Å². The minimum atomic E-state index is -0.726. The molecule has 14 heteroatoms. The highest BCUT2D eigenvalue weighted by molar-refractivity contribution is 6.05. The number of fused-ring (bicyclic) bond motifs is 2. The van der Waals surface area contributed by atoms with Crippen molar-refractivity contribution in [2.24, 2.45) is 0 Å². The van der Waals surface area contributed by atoms with Crippen molar-refractivity contribution in [3.63, 3.8) is 0 Å². The van der Waals surface area contributed by atoms with E-state index in [1.54, 1.807) is 13.1 Å². The van der Waals surface area contributed by atoms with E-state index in [2.05, 4.69) is 35.4 Å². The molecule has 4 aliphatic heterocycles. The average molecular weight is 738 g/mol. The van der Waals surface area contributed by atoms with Gasteiger partial charge in [-0.15, -0.1) is 0 Å². The van der Waals surface area contributed by atoms with E-state index < -0.39 is 17.5 Å². The van der Waals surface area contributed by atoms with E-state index >= 15 is 0 Å². The van der Waals surface area contributed by atoms with Crippen LogP contribution in [0.2, 0.25) is 0 Å². The second-order valence-corrected chi connectivity index (χ2v) is 15.5. The van der Waals surface area contributed by atoms with Gasteiger partial charge in [0.2, 0.25) is 5.95 Å². The normalized spacial score (nSPS) is 21.1. The van der Waals surface area contributed by atoms with Crippen LogP contribution in [0.4, 0.5) is 27.1 Å². The second-order valence-electron chi connectivity index (χ2n) is 15.5. The van der Waals surface area contributed by atoms with Crippen molar-refractivity contribution in [2.45, 2.75) is 70.9 Å². The molecule has 2 amide bonds. The molecule has 2 saturated heterocycles. The molecule has 0 aliphatic carbocycles. The number of halogens is 1. The molecule has 4 aliphatic rings. The van der Waals surface area contributed by atoms with Crippen LogP contribution in [-0.2, 0) is 22.3 Å². The van der Waals surface area contributed by atoms with Crippen molar-refractivity contribution in [2.75, 3.05) is 59.8 Å². The van der Waals surface area contributed by atoms with Gasteiger partial charge in [-0.3, -0.25) is 14.6 Å². The standard InChI is InChI=1S/C40H44FN7O6/c1-23-19-42-20-29(43-23)38(50)46-28-14-25-18-40(4,5)54-33(25)16-31(28)48-10-12-52-35(22-48)34-21-47(9-11-51-34)30-15-32-24(17-39(2,3)53-32)13-27(30)45-37(49)26-7-6-8-36(41)44-26/h6-8,13-16,19-20,34-35H,9-12,17-18,21-22H2,1-5H3,(H,45,49)(H,46,50). The van der Waals surface area contributed by atoms with Gasteiger partial charge in [0.25, 0.3) is 11.8 Å². The molecular weight excluding hydrogens is 693 g/mol. The number of amides is 2. The Morgan fingerprint density at radius 2 is 1.30 bits per heavy atom. The number of morpholine rings is 2. The molecule has 0 bridgehead atoms. The van der Waals surface area contributed by atoms with Crippen LogP contribution in [0.25, 0.3) is 0 Å². The number of anilines is 4. The molecule has 2 unspecified atom stereocenters. The molecule has 54 heavy (non-hydrogen) atoms. The molecule has 13 nitrogen and oxygen atoms in total. The number of hydrogen-bond donors (Lipinski definition) is 2. The molecule has 0 radical (unpaired) electrons. The Morgan fingerprint density at radius 3 is 1.81 bits per heavy atom. The fourth-order valence-corrected chi connectivity index (χ4v) is 7.72. The number of carbonyl (C=O) groups excluding carboxylic acids is 2. The van der Waals surface area contributed by atoms with E-state index in [0.29, 0.717) is 69.3 Å². The van der Waals surface area contributed by atoms with Crippen molar-refractivity contribution < 1.29 is 32.9 Å². The summed E-state index contributed by atoms with van der Waals surface area (Å²) in [4.78, 5) is 43.4. The molecule has 2 aromatic heterocycles. The lowest BCUT2D eigenvalue weighted by Crippen LogP contribution is -2.55. The van der Waals surface area contributed by atoms with Gasteiger partial charge in [0, 0.05) is 68.5 Å². The molecule has 4 aromatic rings. The maximum Gasteiger partial charge on any atom is 0.275 e. The Kier molecular flexibility index (Phi) is 9.13. The fraction of sp³-hybridized carbons (Fsp3) is 0.425. The number of aromatic nitrogens is 3. The van der Waals surface area contributed by atoms with E-state index in [-0.39, 0.29) is 35.1 Å². The highest BCUT2D eigenvalue weighted by Crippen LogP contribution is 2.44. The maximum absolute atomic E-state index is 13.9. The summed E-state index contributed by atoms with van der Waals surface area (Å²) in [6, 6.07) is 12.1. The number of ether oxygens (including phenoxy) is 4. The molecule has 0 saturated carbocycles. The smallest absolute Gasteiger partial charge is 0.275 e. The Bertz CT molecular complexity index is 1980. The highest BCUT2D eigenvalue weighted by atomic mass is 19.1. The zero-order valence-corrected chi connectivity index (χ0v) is 31.1. The van der Waals surface area contributed by atoms with Crippen molar-refractivity contribution >= 4 is 34.6 Å². The van der Waals surface area contributed by atoms with Gasteiger partial charge in [-0.05, 0) is 58.9 Å². The van der Waals surface area contributed by atoms with Crippen molar-refractivity contribution in [3.05, 3.63) is 89.0 Å². The average Bonchev–Trinajstić information content (AvgIpc) is 3.62.